The average Bonchev–Trinajstić information content (AvgIpc) is 2.35. The van der Waals surface area contributed by atoms with Crippen LogP contribution >= 0.6 is 0 Å². The largest absolute Gasteiger partial charge is 0.388 e. The molecule has 0 saturated heterocycles. The summed E-state index contributed by atoms with van der Waals surface area (Å²) in [4.78, 5) is 2.65. The van der Waals surface area contributed by atoms with Crippen LogP contribution in [0.2, 0.25) is 0 Å². The van der Waals surface area contributed by atoms with Crippen molar-refractivity contribution >= 4 is 10.8 Å². The van der Waals surface area contributed by atoms with E-state index in [9.17, 15) is 5.11 Å². The number of rotatable bonds is 3. The summed E-state index contributed by atoms with van der Waals surface area (Å²) in [5.41, 5.74) is 9.02. The van der Waals surface area contributed by atoms with Crippen LogP contribution in [-0.2, 0) is 0 Å². The summed E-state index contributed by atoms with van der Waals surface area (Å²) >= 11 is 0. The second kappa shape index (κ2) is 4.66. The molecule has 1 N–H and O–H groups in total. The lowest BCUT2D eigenvalue weighted by Crippen LogP contribution is -2.01. The summed E-state index contributed by atoms with van der Waals surface area (Å²) in [6.45, 7) is 0.0600. The Hall–Kier alpha value is -2.03. The van der Waals surface area contributed by atoms with Gasteiger partial charge in [-0.05, 0) is 21.9 Å². The molecule has 0 heterocycles. The standard InChI is InChI=1S/C12H11N3O/c13-15-14-8-12(16)11-7-3-5-9-4-1-2-6-10(9)11/h1-7,12,16H,8H2/t12-/m1/s1. The van der Waals surface area contributed by atoms with Crippen LogP contribution in [0.4, 0.5) is 0 Å². The number of hydrogen-bond donors (Lipinski definition) is 1. The zero-order chi connectivity index (χ0) is 11.4. The molecule has 0 aliphatic heterocycles. The molecule has 2 rings (SSSR count). The van der Waals surface area contributed by atoms with E-state index in [0.29, 0.717) is 0 Å². The topological polar surface area (TPSA) is 69.0 Å². The summed E-state index contributed by atoms with van der Waals surface area (Å²) < 4.78 is 0. The monoisotopic (exact) mass is 213 g/mol. The van der Waals surface area contributed by atoms with Crippen molar-refractivity contribution in [3.8, 4) is 0 Å². The van der Waals surface area contributed by atoms with E-state index in [1.807, 2.05) is 42.5 Å². The first-order chi connectivity index (χ1) is 7.83. The molecule has 1 atom stereocenters. The normalized spacial score (nSPS) is 12.1. The van der Waals surface area contributed by atoms with Gasteiger partial charge in [0.25, 0.3) is 0 Å². The Morgan fingerprint density at radius 3 is 2.75 bits per heavy atom. The zero-order valence-corrected chi connectivity index (χ0v) is 8.61. The Bertz CT molecular complexity index is 541. The molecule has 16 heavy (non-hydrogen) atoms. The predicted molar refractivity (Wildman–Crippen MR) is 62.9 cm³/mol. The first-order valence-corrected chi connectivity index (χ1v) is 4.99. The molecule has 2 aromatic carbocycles. The molecule has 0 fully saturated rings. The quantitative estimate of drug-likeness (QED) is 0.474. The molecule has 80 valence electrons. The molecule has 2 aromatic rings. The van der Waals surface area contributed by atoms with Crippen LogP contribution in [0, 0.1) is 0 Å². The van der Waals surface area contributed by atoms with Crippen LogP contribution < -0.4 is 0 Å². The molecule has 0 saturated carbocycles. The van der Waals surface area contributed by atoms with E-state index in [0.717, 1.165) is 16.3 Å². The number of aliphatic hydroxyl groups excluding tert-OH is 1. The molecule has 0 aliphatic carbocycles. The fourth-order valence-corrected chi connectivity index (χ4v) is 1.75. The van der Waals surface area contributed by atoms with Crippen LogP contribution in [0.3, 0.4) is 0 Å². The van der Waals surface area contributed by atoms with Gasteiger partial charge in [-0.25, -0.2) is 0 Å². The predicted octanol–water partition coefficient (Wildman–Crippen LogP) is 3.18. The van der Waals surface area contributed by atoms with Gasteiger partial charge in [0.2, 0.25) is 0 Å². The third-order valence-electron chi connectivity index (χ3n) is 2.50. The zero-order valence-electron chi connectivity index (χ0n) is 8.61. The van der Waals surface area contributed by atoms with E-state index in [2.05, 4.69) is 10.0 Å². The minimum Gasteiger partial charge on any atom is -0.388 e. The van der Waals surface area contributed by atoms with E-state index >= 15 is 0 Å². The van der Waals surface area contributed by atoms with Gasteiger partial charge in [0, 0.05) is 4.91 Å². The summed E-state index contributed by atoms with van der Waals surface area (Å²) in [6.07, 6.45) is -0.748. The number of benzene rings is 2. The second-order valence-corrected chi connectivity index (χ2v) is 3.50. The van der Waals surface area contributed by atoms with Crippen LogP contribution in [0.1, 0.15) is 11.7 Å². The highest BCUT2D eigenvalue weighted by Gasteiger charge is 2.09. The Labute approximate surface area is 92.8 Å². The Kier molecular flexibility index (Phi) is 3.05. The van der Waals surface area contributed by atoms with Crippen molar-refractivity contribution in [3.05, 3.63) is 58.5 Å². The summed E-state index contributed by atoms with van der Waals surface area (Å²) in [5.74, 6) is 0. The SMILES string of the molecule is [N-]=[N+]=NC[C@@H](O)c1cccc2ccccc12. The van der Waals surface area contributed by atoms with Crippen molar-refractivity contribution in [1.29, 1.82) is 0 Å². The molecule has 0 amide bonds. The molecule has 0 unspecified atom stereocenters. The molecule has 4 heteroatoms. The number of azide groups is 1. The summed E-state index contributed by atoms with van der Waals surface area (Å²) in [7, 11) is 0. The van der Waals surface area contributed by atoms with Gasteiger partial charge in [0.15, 0.2) is 0 Å². The van der Waals surface area contributed by atoms with Gasteiger partial charge in [-0.3, -0.25) is 0 Å². The lowest BCUT2D eigenvalue weighted by molar-refractivity contribution is 0.188. The highest BCUT2D eigenvalue weighted by molar-refractivity contribution is 5.85. The third kappa shape index (κ3) is 1.98. The lowest BCUT2D eigenvalue weighted by atomic mass is 10.0. The molecular weight excluding hydrogens is 202 g/mol. The van der Waals surface area contributed by atoms with Crippen molar-refractivity contribution in [2.24, 2.45) is 5.11 Å². The van der Waals surface area contributed by atoms with Crippen molar-refractivity contribution in [3.63, 3.8) is 0 Å². The van der Waals surface area contributed by atoms with Gasteiger partial charge in [0.05, 0.1) is 12.6 Å². The van der Waals surface area contributed by atoms with E-state index in [1.165, 1.54) is 0 Å². The van der Waals surface area contributed by atoms with Gasteiger partial charge >= 0.3 is 0 Å². The third-order valence-corrected chi connectivity index (χ3v) is 2.50. The van der Waals surface area contributed by atoms with Crippen molar-refractivity contribution in [1.82, 2.24) is 0 Å². The second-order valence-electron chi connectivity index (χ2n) is 3.50. The number of aliphatic hydroxyl groups is 1. The van der Waals surface area contributed by atoms with Crippen LogP contribution in [-0.4, -0.2) is 11.7 Å². The number of nitrogens with zero attached hydrogens (tertiary/aromatic N) is 3. The minimum absolute atomic E-state index is 0.0600. The van der Waals surface area contributed by atoms with Crippen molar-refractivity contribution < 1.29 is 5.11 Å². The minimum atomic E-state index is -0.748. The van der Waals surface area contributed by atoms with Gasteiger partial charge < -0.3 is 5.11 Å². The van der Waals surface area contributed by atoms with Gasteiger partial charge in [-0.2, -0.15) is 0 Å². The van der Waals surface area contributed by atoms with Crippen LogP contribution in [0.25, 0.3) is 21.2 Å². The average molecular weight is 213 g/mol. The van der Waals surface area contributed by atoms with Gasteiger partial charge in [-0.1, -0.05) is 47.6 Å². The lowest BCUT2D eigenvalue weighted by Gasteiger charge is -2.11. The van der Waals surface area contributed by atoms with Gasteiger partial charge in [-0.15, -0.1) is 0 Å². The maximum absolute atomic E-state index is 9.88. The first-order valence-electron chi connectivity index (χ1n) is 4.99. The molecule has 0 aromatic heterocycles. The van der Waals surface area contributed by atoms with E-state index in [1.54, 1.807) is 0 Å². The fourth-order valence-electron chi connectivity index (χ4n) is 1.75. The van der Waals surface area contributed by atoms with E-state index < -0.39 is 6.10 Å². The highest BCUT2D eigenvalue weighted by Crippen LogP contribution is 2.24. The molecule has 0 aliphatic rings. The number of hydrogen-bond acceptors (Lipinski definition) is 2. The molecule has 0 bridgehead atoms. The van der Waals surface area contributed by atoms with Gasteiger partial charge in [0.1, 0.15) is 0 Å². The first kappa shape index (κ1) is 10.5. The highest BCUT2D eigenvalue weighted by atomic mass is 16.3. The van der Waals surface area contributed by atoms with E-state index in [-0.39, 0.29) is 6.54 Å². The van der Waals surface area contributed by atoms with Crippen molar-refractivity contribution in [2.45, 2.75) is 6.10 Å². The fraction of sp³-hybridized carbons (Fsp3) is 0.167. The molecular formula is C12H11N3O. The van der Waals surface area contributed by atoms with Crippen LogP contribution in [0.5, 0.6) is 0 Å². The van der Waals surface area contributed by atoms with Crippen molar-refractivity contribution in [2.75, 3.05) is 6.54 Å². The smallest absolute Gasteiger partial charge is 0.0852 e. The Balaban J connectivity index is 2.47. The summed E-state index contributed by atoms with van der Waals surface area (Å²) in [5, 5.41) is 15.3. The maximum Gasteiger partial charge on any atom is 0.0852 e. The Morgan fingerprint density at radius 1 is 1.19 bits per heavy atom. The Morgan fingerprint density at radius 2 is 1.94 bits per heavy atom. The number of fused-ring (bicyclic) bond motifs is 1. The van der Waals surface area contributed by atoms with Crippen LogP contribution in [0.15, 0.2) is 47.6 Å². The summed E-state index contributed by atoms with van der Waals surface area (Å²) in [6, 6.07) is 13.5. The molecule has 4 nitrogen and oxygen atoms in total. The molecule has 0 radical (unpaired) electrons. The van der Waals surface area contributed by atoms with E-state index in [4.69, 9.17) is 5.53 Å². The molecule has 0 spiro atoms. The maximum atomic E-state index is 9.88.